The highest BCUT2D eigenvalue weighted by Gasteiger charge is 2.19. The molecule has 1 aromatic rings. The van der Waals surface area contributed by atoms with Crippen LogP contribution in [0.15, 0.2) is 4.99 Å². The van der Waals surface area contributed by atoms with E-state index in [0.29, 0.717) is 12.6 Å². The van der Waals surface area contributed by atoms with Gasteiger partial charge in [0, 0.05) is 19.6 Å². The van der Waals surface area contributed by atoms with Crippen LogP contribution in [0.25, 0.3) is 0 Å². The van der Waals surface area contributed by atoms with Crippen molar-refractivity contribution in [2.24, 2.45) is 18.0 Å². The van der Waals surface area contributed by atoms with Crippen LogP contribution in [0.1, 0.15) is 64.0 Å². The highest BCUT2D eigenvalue weighted by molar-refractivity contribution is 14.0. The van der Waals surface area contributed by atoms with E-state index in [-0.39, 0.29) is 24.0 Å². The molecule has 2 N–H and O–H groups in total. The molecule has 1 aliphatic carbocycles. The number of aromatic nitrogens is 3. The van der Waals surface area contributed by atoms with Crippen molar-refractivity contribution in [3.8, 4) is 0 Å². The maximum Gasteiger partial charge on any atom is 0.191 e. The molecule has 138 valence electrons. The Morgan fingerprint density at radius 1 is 1.33 bits per heavy atom. The molecule has 0 saturated heterocycles. The minimum Gasteiger partial charge on any atom is -0.356 e. The SMILES string of the molecule is CCCCNC(=NCc1nnc(C)n1C)NC1CCCC(C)C1.I. The molecule has 1 aromatic heterocycles. The van der Waals surface area contributed by atoms with E-state index in [1.54, 1.807) is 0 Å². The fraction of sp³-hybridized carbons (Fsp3) is 0.824. The minimum atomic E-state index is 0. The number of unbranched alkanes of at least 4 members (excludes halogenated alkanes) is 1. The lowest BCUT2D eigenvalue weighted by molar-refractivity contribution is 0.324. The van der Waals surface area contributed by atoms with Gasteiger partial charge in [-0.1, -0.05) is 33.1 Å². The summed E-state index contributed by atoms with van der Waals surface area (Å²) in [6.45, 7) is 8.03. The number of hydrogen-bond acceptors (Lipinski definition) is 3. The molecule has 24 heavy (non-hydrogen) atoms. The smallest absolute Gasteiger partial charge is 0.191 e. The van der Waals surface area contributed by atoms with Crippen molar-refractivity contribution >= 4 is 29.9 Å². The van der Waals surface area contributed by atoms with Crippen molar-refractivity contribution in [3.05, 3.63) is 11.6 Å². The van der Waals surface area contributed by atoms with Gasteiger partial charge in [0.25, 0.3) is 0 Å². The van der Waals surface area contributed by atoms with Crippen molar-refractivity contribution in [2.75, 3.05) is 6.54 Å². The van der Waals surface area contributed by atoms with E-state index in [1.807, 2.05) is 18.5 Å². The molecule has 2 unspecified atom stereocenters. The maximum absolute atomic E-state index is 4.73. The maximum atomic E-state index is 4.73. The Morgan fingerprint density at radius 3 is 2.75 bits per heavy atom. The molecule has 1 aliphatic rings. The van der Waals surface area contributed by atoms with Gasteiger partial charge in [-0.3, -0.25) is 0 Å². The molecule has 0 spiro atoms. The van der Waals surface area contributed by atoms with Gasteiger partial charge in [-0.25, -0.2) is 4.99 Å². The Balaban J connectivity index is 0.00000288. The van der Waals surface area contributed by atoms with Crippen LogP contribution >= 0.6 is 24.0 Å². The van der Waals surface area contributed by atoms with Crippen LogP contribution in [0.4, 0.5) is 0 Å². The van der Waals surface area contributed by atoms with Crippen LogP contribution in [-0.4, -0.2) is 33.3 Å². The lowest BCUT2D eigenvalue weighted by atomic mass is 9.87. The molecule has 7 heteroatoms. The van der Waals surface area contributed by atoms with E-state index < -0.39 is 0 Å². The van der Waals surface area contributed by atoms with Crippen LogP contribution < -0.4 is 10.6 Å². The summed E-state index contributed by atoms with van der Waals surface area (Å²) in [5.41, 5.74) is 0. The summed E-state index contributed by atoms with van der Waals surface area (Å²) in [5, 5.41) is 15.4. The molecule has 0 bridgehead atoms. The Morgan fingerprint density at radius 2 is 2.12 bits per heavy atom. The molecular formula is C17H33IN6. The van der Waals surface area contributed by atoms with E-state index in [1.165, 1.54) is 32.1 Å². The molecular weight excluding hydrogens is 415 g/mol. The summed E-state index contributed by atoms with van der Waals surface area (Å²) in [5.74, 6) is 3.54. The van der Waals surface area contributed by atoms with Crippen LogP contribution in [0.3, 0.4) is 0 Å². The second kappa shape index (κ2) is 10.9. The molecule has 2 atom stereocenters. The average Bonchev–Trinajstić information content (AvgIpc) is 2.84. The summed E-state index contributed by atoms with van der Waals surface area (Å²) in [4.78, 5) is 4.73. The zero-order valence-electron chi connectivity index (χ0n) is 15.5. The number of rotatable bonds is 6. The predicted octanol–water partition coefficient (Wildman–Crippen LogP) is 3.16. The van der Waals surface area contributed by atoms with Crippen molar-refractivity contribution in [1.82, 2.24) is 25.4 Å². The van der Waals surface area contributed by atoms with E-state index in [2.05, 4.69) is 34.7 Å². The number of nitrogens with zero attached hydrogens (tertiary/aromatic N) is 4. The second-order valence-corrected chi connectivity index (χ2v) is 6.78. The van der Waals surface area contributed by atoms with Gasteiger partial charge in [0.2, 0.25) is 0 Å². The third-order valence-corrected chi connectivity index (χ3v) is 4.66. The second-order valence-electron chi connectivity index (χ2n) is 6.78. The Labute approximate surface area is 163 Å². The lowest BCUT2D eigenvalue weighted by Gasteiger charge is -2.29. The first-order valence-corrected chi connectivity index (χ1v) is 8.99. The largest absolute Gasteiger partial charge is 0.356 e. The summed E-state index contributed by atoms with van der Waals surface area (Å²) < 4.78 is 2.00. The summed E-state index contributed by atoms with van der Waals surface area (Å²) >= 11 is 0. The van der Waals surface area contributed by atoms with Crippen molar-refractivity contribution < 1.29 is 0 Å². The van der Waals surface area contributed by atoms with Gasteiger partial charge in [0.05, 0.1) is 0 Å². The number of aryl methyl sites for hydroxylation is 1. The van der Waals surface area contributed by atoms with E-state index >= 15 is 0 Å². The van der Waals surface area contributed by atoms with E-state index in [0.717, 1.165) is 36.5 Å². The standard InChI is InChI=1S/C17H32N6.HI/c1-5-6-10-18-17(20-15-9-7-8-13(2)11-15)19-12-16-22-21-14(3)23(16)4;/h13,15H,5-12H2,1-4H3,(H2,18,19,20);1H. The summed E-state index contributed by atoms with van der Waals surface area (Å²) in [6.07, 6.45) is 7.48. The highest BCUT2D eigenvalue weighted by atomic mass is 127. The fourth-order valence-electron chi connectivity index (χ4n) is 3.03. The number of guanidine groups is 1. The fourth-order valence-corrected chi connectivity index (χ4v) is 3.03. The van der Waals surface area contributed by atoms with Crippen LogP contribution in [0.5, 0.6) is 0 Å². The highest BCUT2D eigenvalue weighted by Crippen LogP contribution is 2.23. The molecule has 1 fully saturated rings. The molecule has 0 aromatic carbocycles. The van der Waals surface area contributed by atoms with E-state index in [4.69, 9.17) is 4.99 Å². The number of aliphatic imine (C=N–C) groups is 1. The first-order valence-electron chi connectivity index (χ1n) is 8.99. The first kappa shape index (κ1) is 21.2. The average molecular weight is 448 g/mol. The Kier molecular flexibility index (Phi) is 9.61. The molecule has 6 nitrogen and oxygen atoms in total. The summed E-state index contributed by atoms with van der Waals surface area (Å²) in [7, 11) is 1.99. The normalized spacial score (nSPS) is 21.2. The predicted molar refractivity (Wildman–Crippen MR) is 110 cm³/mol. The van der Waals surface area contributed by atoms with Gasteiger partial charge in [-0.2, -0.15) is 0 Å². The van der Waals surface area contributed by atoms with Gasteiger partial charge in [-0.05, 0) is 32.1 Å². The molecule has 0 amide bonds. The number of hydrogen-bond donors (Lipinski definition) is 2. The van der Waals surface area contributed by atoms with E-state index in [9.17, 15) is 0 Å². The van der Waals surface area contributed by atoms with Crippen LogP contribution in [0.2, 0.25) is 0 Å². The Hall–Kier alpha value is -0.860. The molecule has 0 radical (unpaired) electrons. The zero-order valence-corrected chi connectivity index (χ0v) is 17.8. The van der Waals surface area contributed by atoms with Gasteiger partial charge >= 0.3 is 0 Å². The van der Waals surface area contributed by atoms with Gasteiger partial charge in [0.15, 0.2) is 11.8 Å². The quantitative estimate of drug-likeness (QED) is 0.304. The minimum absolute atomic E-state index is 0. The number of nitrogens with one attached hydrogen (secondary N) is 2. The lowest BCUT2D eigenvalue weighted by Crippen LogP contribution is -2.45. The van der Waals surface area contributed by atoms with Crippen molar-refractivity contribution in [3.63, 3.8) is 0 Å². The molecule has 1 saturated carbocycles. The molecule has 1 heterocycles. The monoisotopic (exact) mass is 448 g/mol. The summed E-state index contributed by atoms with van der Waals surface area (Å²) in [6, 6.07) is 0.535. The first-order chi connectivity index (χ1) is 11.1. The van der Waals surface area contributed by atoms with Crippen LogP contribution in [-0.2, 0) is 13.6 Å². The van der Waals surface area contributed by atoms with Gasteiger partial charge < -0.3 is 15.2 Å². The molecule has 2 rings (SSSR count). The molecule has 0 aliphatic heterocycles. The number of halogens is 1. The van der Waals surface area contributed by atoms with Crippen molar-refractivity contribution in [2.45, 2.75) is 71.9 Å². The Bertz CT molecular complexity index is 513. The third kappa shape index (κ3) is 6.57. The van der Waals surface area contributed by atoms with Crippen LogP contribution in [0, 0.1) is 12.8 Å². The van der Waals surface area contributed by atoms with Gasteiger partial charge in [-0.15, -0.1) is 34.2 Å². The third-order valence-electron chi connectivity index (χ3n) is 4.66. The zero-order chi connectivity index (χ0) is 16.7. The topological polar surface area (TPSA) is 67.1 Å². The van der Waals surface area contributed by atoms with Gasteiger partial charge in [0.1, 0.15) is 12.4 Å². The van der Waals surface area contributed by atoms with Crippen molar-refractivity contribution in [1.29, 1.82) is 0 Å².